The minimum atomic E-state index is -1.04. The minimum absolute atomic E-state index is 0.00694. The van der Waals surface area contributed by atoms with Crippen molar-refractivity contribution in [2.75, 3.05) is 0 Å². The second kappa shape index (κ2) is 4.49. The summed E-state index contributed by atoms with van der Waals surface area (Å²) < 4.78 is 0. The van der Waals surface area contributed by atoms with Gasteiger partial charge in [0, 0.05) is 0 Å². The third kappa shape index (κ3) is 4.13. The fourth-order valence-electron chi connectivity index (χ4n) is 0.564. The van der Waals surface area contributed by atoms with Crippen LogP contribution in [0.1, 0.15) is 20.3 Å². The maximum Gasteiger partial charge on any atom is 0.354 e. The summed E-state index contributed by atoms with van der Waals surface area (Å²) >= 11 is 0. The number of allylic oxidation sites excluding steroid dienone is 1. The molecule has 0 heterocycles. The highest BCUT2D eigenvalue weighted by molar-refractivity contribution is 5.91. The molecule has 0 saturated carbocycles. The molecule has 0 radical (unpaired) electrons. The van der Waals surface area contributed by atoms with Crippen molar-refractivity contribution in [2.24, 2.45) is 10.7 Å². The molecule has 0 aliphatic carbocycles. The molecule has 0 aromatic rings. The first-order valence-corrected chi connectivity index (χ1v) is 3.32. The second-order valence-electron chi connectivity index (χ2n) is 2.06. The predicted molar refractivity (Wildman–Crippen MR) is 43.3 cm³/mol. The van der Waals surface area contributed by atoms with Crippen LogP contribution in [0.25, 0.3) is 0 Å². The summed E-state index contributed by atoms with van der Waals surface area (Å²) in [4.78, 5) is 14.0. The summed E-state index contributed by atoms with van der Waals surface area (Å²) in [7, 11) is 0. The Labute approximate surface area is 65.4 Å². The highest BCUT2D eigenvalue weighted by atomic mass is 16.4. The zero-order chi connectivity index (χ0) is 8.85. The molecule has 0 aromatic carbocycles. The highest BCUT2D eigenvalue weighted by Gasteiger charge is 2.02. The second-order valence-corrected chi connectivity index (χ2v) is 2.06. The number of carboxylic acids is 1. The van der Waals surface area contributed by atoms with Gasteiger partial charge in [-0.15, -0.1) is 0 Å². The molecule has 0 spiro atoms. The topological polar surface area (TPSA) is 75.7 Å². The van der Waals surface area contributed by atoms with E-state index in [0.717, 1.165) is 0 Å². The zero-order valence-electron chi connectivity index (χ0n) is 6.66. The van der Waals surface area contributed by atoms with Crippen LogP contribution in [0, 0.1) is 0 Å². The van der Waals surface area contributed by atoms with Crippen molar-refractivity contribution in [3.63, 3.8) is 0 Å². The Hall–Kier alpha value is -1.32. The van der Waals surface area contributed by atoms with Gasteiger partial charge in [-0.1, -0.05) is 13.0 Å². The van der Waals surface area contributed by atoms with Crippen LogP contribution in [-0.2, 0) is 4.79 Å². The summed E-state index contributed by atoms with van der Waals surface area (Å²) in [5.74, 6) is -0.788. The smallest absolute Gasteiger partial charge is 0.354 e. The number of aliphatic carboxylic acids is 1. The normalized spacial score (nSPS) is 13.3. The average molecular weight is 156 g/mol. The number of amidine groups is 1. The summed E-state index contributed by atoms with van der Waals surface area (Å²) in [6, 6.07) is 0. The molecule has 0 amide bonds. The first kappa shape index (κ1) is 9.68. The monoisotopic (exact) mass is 156 g/mol. The third-order valence-electron chi connectivity index (χ3n) is 0.913. The van der Waals surface area contributed by atoms with Crippen molar-refractivity contribution >= 4 is 11.8 Å². The van der Waals surface area contributed by atoms with Gasteiger partial charge in [0.05, 0.1) is 5.84 Å². The Morgan fingerprint density at radius 1 is 1.73 bits per heavy atom. The molecule has 0 saturated heterocycles. The van der Waals surface area contributed by atoms with Gasteiger partial charge in [0.25, 0.3) is 0 Å². The largest absolute Gasteiger partial charge is 0.477 e. The maximum absolute atomic E-state index is 10.4. The summed E-state index contributed by atoms with van der Waals surface area (Å²) in [6.45, 7) is 3.39. The van der Waals surface area contributed by atoms with E-state index in [-0.39, 0.29) is 11.5 Å². The standard InChI is InChI=1S/C7H12N2O2/c1-3-4-6(7(10)11)9-5(2)8/h4H,3H2,1-2H3,(H2,8,9)(H,10,11)/b6-4-. The molecule has 0 rings (SSSR count). The van der Waals surface area contributed by atoms with Gasteiger partial charge in [0.1, 0.15) is 5.70 Å². The number of hydrogen-bond donors (Lipinski definition) is 2. The van der Waals surface area contributed by atoms with Crippen LogP contribution in [0.5, 0.6) is 0 Å². The Bertz CT molecular complexity index is 202. The van der Waals surface area contributed by atoms with Gasteiger partial charge < -0.3 is 10.8 Å². The van der Waals surface area contributed by atoms with E-state index in [1.807, 2.05) is 6.92 Å². The molecule has 0 unspecified atom stereocenters. The van der Waals surface area contributed by atoms with Gasteiger partial charge in [-0.3, -0.25) is 0 Å². The van der Waals surface area contributed by atoms with Crippen LogP contribution in [0.2, 0.25) is 0 Å². The lowest BCUT2D eigenvalue weighted by atomic mass is 10.3. The Balaban J connectivity index is 4.50. The number of rotatable bonds is 3. The van der Waals surface area contributed by atoms with E-state index in [9.17, 15) is 4.79 Å². The van der Waals surface area contributed by atoms with Crippen LogP contribution in [0.3, 0.4) is 0 Å². The lowest BCUT2D eigenvalue weighted by Gasteiger charge is -1.93. The summed E-state index contributed by atoms with van der Waals surface area (Å²) in [5.41, 5.74) is 5.21. The van der Waals surface area contributed by atoms with E-state index in [1.165, 1.54) is 6.08 Å². The van der Waals surface area contributed by atoms with Crippen molar-refractivity contribution in [3.05, 3.63) is 11.8 Å². The number of carbonyl (C=O) groups is 1. The summed E-state index contributed by atoms with van der Waals surface area (Å²) in [6.07, 6.45) is 2.15. The van der Waals surface area contributed by atoms with Gasteiger partial charge in [-0.25, -0.2) is 9.79 Å². The van der Waals surface area contributed by atoms with Gasteiger partial charge in [-0.05, 0) is 13.3 Å². The molecule has 0 bridgehead atoms. The quantitative estimate of drug-likeness (QED) is 0.359. The van der Waals surface area contributed by atoms with Gasteiger partial charge in [0.2, 0.25) is 0 Å². The molecule has 0 fully saturated rings. The number of nitrogens with two attached hydrogens (primary N) is 1. The van der Waals surface area contributed by atoms with Crippen LogP contribution in [-0.4, -0.2) is 16.9 Å². The van der Waals surface area contributed by atoms with Crippen molar-refractivity contribution < 1.29 is 9.90 Å². The fraction of sp³-hybridized carbons (Fsp3) is 0.429. The fourth-order valence-corrected chi connectivity index (χ4v) is 0.564. The van der Waals surface area contributed by atoms with E-state index in [1.54, 1.807) is 6.92 Å². The lowest BCUT2D eigenvalue weighted by Crippen LogP contribution is -2.08. The molecule has 4 nitrogen and oxygen atoms in total. The van der Waals surface area contributed by atoms with Crippen molar-refractivity contribution in [3.8, 4) is 0 Å². The van der Waals surface area contributed by atoms with Crippen LogP contribution >= 0.6 is 0 Å². The van der Waals surface area contributed by atoms with Gasteiger partial charge in [0.15, 0.2) is 0 Å². The molecule has 0 aliphatic rings. The molecule has 4 heteroatoms. The maximum atomic E-state index is 10.4. The van der Waals surface area contributed by atoms with Crippen molar-refractivity contribution in [1.82, 2.24) is 0 Å². The highest BCUT2D eigenvalue weighted by Crippen LogP contribution is 1.98. The number of hydrogen-bond acceptors (Lipinski definition) is 2. The van der Waals surface area contributed by atoms with Crippen molar-refractivity contribution in [2.45, 2.75) is 20.3 Å². The molecular formula is C7H12N2O2. The van der Waals surface area contributed by atoms with Crippen LogP contribution in [0.4, 0.5) is 0 Å². The molecule has 0 aromatic heterocycles. The van der Waals surface area contributed by atoms with Crippen LogP contribution < -0.4 is 5.73 Å². The van der Waals surface area contributed by atoms with Gasteiger partial charge in [-0.2, -0.15) is 0 Å². The van der Waals surface area contributed by atoms with Gasteiger partial charge >= 0.3 is 5.97 Å². The Kier molecular flexibility index (Phi) is 3.95. The first-order chi connectivity index (χ1) is 5.07. The van der Waals surface area contributed by atoms with E-state index in [2.05, 4.69) is 4.99 Å². The number of nitrogens with zero attached hydrogens (tertiary/aromatic N) is 1. The zero-order valence-corrected chi connectivity index (χ0v) is 6.66. The number of aliphatic imine (C=N–C) groups is 1. The molecule has 11 heavy (non-hydrogen) atoms. The molecular weight excluding hydrogens is 144 g/mol. The Morgan fingerprint density at radius 3 is 2.55 bits per heavy atom. The molecule has 0 aliphatic heterocycles. The SMILES string of the molecule is CC/C=C(\N=C(/C)N)C(=O)O. The first-order valence-electron chi connectivity index (χ1n) is 3.32. The number of carboxylic acid groups (broad SMARTS) is 1. The summed E-state index contributed by atoms with van der Waals surface area (Å²) in [5, 5.41) is 8.52. The molecule has 0 atom stereocenters. The van der Waals surface area contributed by atoms with Crippen LogP contribution in [0.15, 0.2) is 16.8 Å². The third-order valence-corrected chi connectivity index (χ3v) is 0.913. The lowest BCUT2D eigenvalue weighted by molar-refractivity contribution is -0.132. The molecule has 3 N–H and O–H groups in total. The van der Waals surface area contributed by atoms with E-state index in [4.69, 9.17) is 10.8 Å². The predicted octanol–water partition coefficient (Wildman–Crippen LogP) is 0.742. The van der Waals surface area contributed by atoms with E-state index < -0.39 is 5.97 Å². The average Bonchev–Trinajstić information content (AvgIpc) is 1.86. The van der Waals surface area contributed by atoms with E-state index in [0.29, 0.717) is 6.42 Å². The van der Waals surface area contributed by atoms with Crippen molar-refractivity contribution in [1.29, 1.82) is 0 Å². The van der Waals surface area contributed by atoms with E-state index >= 15 is 0 Å². The minimum Gasteiger partial charge on any atom is -0.477 e. The Morgan fingerprint density at radius 2 is 2.27 bits per heavy atom. The molecule has 62 valence electrons.